The number of hydrogen-bond acceptors (Lipinski definition) is 4. The van der Waals surface area contributed by atoms with Crippen LogP contribution in [-0.4, -0.2) is 28.4 Å². The zero-order chi connectivity index (χ0) is 17.1. The van der Waals surface area contributed by atoms with Crippen molar-refractivity contribution in [3.8, 4) is 0 Å². The Bertz CT molecular complexity index is 567. The third-order valence-electron chi connectivity index (χ3n) is 3.13. The first-order valence-electron chi connectivity index (χ1n) is 7.05. The second-order valence-electron chi connectivity index (χ2n) is 6.24. The van der Waals surface area contributed by atoms with Crippen LogP contribution >= 0.6 is 11.6 Å². The highest BCUT2D eigenvalue weighted by molar-refractivity contribution is 6.30. The molecule has 1 amide bonds. The number of anilines is 1. The molecule has 0 heterocycles. The lowest BCUT2D eigenvalue weighted by molar-refractivity contribution is -0.121. The summed E-state index contributed by atoms with van der Waals surface area (Å²) in [4.78, 5) is 25.4. The molecule has 1 aromatic rings. The Morgan fingerprint density at radius 3 is 2.41 bits per heavy atom. The van der Waals surface area contributed by atoms with Gasteiger partial charge in [-0.2, -0.15) is 0 Å². The summed E-state index contributed by atoms with van der Waals surface area (Å²) in [5.74, 6) is -0.126. The summed E-state index contributed by atoms with van der Waals surface area (Å²) in [5, 5.41) is 0.518. The Morgan fingerprint density at radius 2 is 1.95 bits per heavy atom. The Balaban J connectivity index is 3.05. The van der Waals surface area contributed by atoms with E-state index in [-0.39, 0.29) is 12.3 Å². The minimum atomic E-state index is -0.641. The van der Waals surface area contributed by atoms with Crippen molar-refractivity contribution in [3.05, 3.63) is 28.8 Å². The molecular formula is C16H23ClN2O3. The van der Waals surface area contributed by atoms with E-state index >= 15 is 0 Å². The second-order valence-corrected chi connectivity index (χ2v) is 6.67. The second kappa shape index (κ2) is 7.01. The van der Waals surface area contributed by atoms with Gasteiger partial charge in [0.2, 0.25) is 0 Å². The fourth-order valence-electron chi connectivity index (χ4n) is 1.79. The van der Waals surface area contributed by atoms with E-state index in [1.165, 1.54) is 11.8 Å². The summed E-state index contributed by atoms with van der Waals surface area (Å²) >= 11 is 5.88. The van der Waals surface area contributed by atoms with E-state index in [0.29, 0.717) is 16.3 Å². The molecule has 0 aliphatic carbocycles. The lowest BCUT2D eigenvalue weighted by Gasteiger charge is -2.31. The smallest absolute Gasteiger partial charge is 0.411 e. The van der Waals surface area contributed by atoms with E-state index in [1.54, 1.807) is 45.9 Å². The van der Waals surface area contributed by atoms with Gasteiger partial charge in [0.1, 0.15) is 5.60 Å². The molecule has 1 atom stereocenters. The van der Waals surface area contributed by atoms with Crippen LogP contribution in [0.3, 0.4) is 0 Å². The normalized spacial score (nSPS) is 12.6. The quantitative estimate of drug-likeness (QED) is 0.857. The molecule has 122 valence electrons. The third kappa shape index (κ3) is 5.22. The van der Waals surface area contributed by atoms with Crippen molar-refractivity contribution in [1.82, 2.24) is 4.90 Å². The van der Waals surface area contributed by atoms with E-state index in [0.717, 1.165) is 0 Å². The van der Waals surface area contributed by atoms with Crippen LogP contribution in [0.2, 0.25) is 5.02 Å². The van der Waals surface area contributed by atoms with Crippen molar-refractivity contribution < 1.29 is 14.3 Å². The maximum Gasteiger partial charge on any atom is 0.411 e. The van der Waals surface area contributed by atoms with Crippen molar-refractivity contribution in [3.63, 3.8) is 0 Å². The van der Waals surface area contributed by atoms with E-state index < -0.39 is 17.7 Å². The third-order valence-corrected chi connectivity index (χ3v) is 3.37. The van der Waals surface area contributed by atoms with Crippen LogP contribution in [0.1, 0.15) is 40.2 Å². The van der Waals surface area contributed by atoms with Crippen LogP contribution in [0, 0.1) is 0 Å². The van der Waals surface area contributed by atoms with Gasteiger partial charge in [0.15, 0.2) is 5.78 Å². The van der Waals surface area contributed by atoms with Gasteiger partial charge in [0.05, 0.1) is 12.6 Å². The Morgan fingerprint density at radius 1 is 1.36 bits per heavy atom. The molecule has 0 fully saturated rings. The molecule has 22 heavy (non-hydrogen) atoms. The monoisotopic (exact) mass is 326 g/mol. The molecule has 0 spiro atoms. The first-order valence-corrected chi connectivity index (χ1v) is 7.43. The number of carbonyl (C=O) groups excluding carboxylic acids is 2. The molecule has 0 saturated heterocycles. The van der Waals surface area contributed by atoms with Crippen LogP contribution in [0.5, 0.6) is 0 Å². The van der Waals surface area contributed by atoms with Gasteiger partial charge in [-0.05, 0) is 52.3 Å². The van der Waals surface area contributed by atoms with Gasteiger partial charge in [-0.15, -0.1) is 0 Å². The van der Waals surface area contributed by atoms with Gasteiger partial charge < -0.3 is 10.5 Å². The summed E-state index contributed by atoms with van der Waals surface area (Å²) in [5.41, 5.74) is 6.46. The van der Waals surface area contributed by atoms with Gasteiger partial charge >= 0.3 is 6.09 Å². The number of nitrogens with two attached hydrogens (primary N) is 1. The van der Waals surface area contributed by atoms with E-state index in [4.69, 9.17) is 22.1 Å². The van der Waals surface area contributed by atoms with Crippen molar-refractivity contribution in [2.45, 2.75) is 52.8 Å². The first-order chi connectivity index (χ1) is 10.0. The molecule has 1 unspecified atom stereocenters. The lowest BCUT2D eigenvalue weighted by atomic mass is 10.1. The number of halogens is 1. The predicted molar refractivity (Wildman–Crippen MR) is 87.8 cm³/mol. The van der Waals surface area contributed by atoms with Crippen LogP contribution < -0.4 is 5.73 Å². The number of carbonyl (C=O) groups is 2. The van der Waals surface area contributed by atoms with Crippen LogP contribution in [0.25, 0.3) is 0 Å². The molecule has 0 saturated carbocycles. The van der Waals surface area contributed by atoms with Crippen molar-refractivity contribution in [2.75, 3.05) is 5.73 Å². The Hall–Kier alpha value is -1.75. The number of nitrogens with zero attached hydrogens (tertiary/aromatic N) is 1. The molecule has 0 radical (unpaired) electrons. The lowest BCUT2D eigenvalue weighted by Crippen LogP contribution is -2.44. The molecule has 5 nitrogen and oxygen atoms in total. The van der Waals surface area contributed by atoms with Crippen molar-refractivity contribution in [2.24, 2.45) is 0 Å². The number of rotatable bonds is 4. The molecule has 1 rings (SSSR count). The number of nitrogen functional groups attached to an aromatic ring is 1. The van der Waals surface area contributed by atoms with Gasteiger partial charge in [-0.25, -0.2) is 4.79 Å². The van der Waals surface area contributed by atoms with Crippen LogP contribution in [-0.2, 0) is 16.1 Å². The topological polar surface area (TPSA) is 72.6 Å². The highest BCUT2D eigenvalue weighted by atomic mass is 35.5. The van der Waals surface area contributed by atoms with E-state index in [9.17, 15) is 9.59 Å². The van der Waals surface area contributed by atoms with Gasteiger partial charge in [0.25, 0.3) is 0 Å². The van der Waals surface area contributed by atoms with Gasteiger partial charge in [0, 0.05) is 10.7 Å². The number of benzene rings is 1. The number of hydrogen-bond donors (Lipinski definition) is 1. The SMILES string of the molecule is CC(=O)C(C)N(Cc1ccc(Cl)cc1N)C(=O)OC(C)(C)C. The largest absolute Gasteiger partial charge is 0.444 e. The molecule has 0 bridgehead atoms. The number of ketones is 1. The zero-order valence-electron chi connectivity index (χ0n) is 13.6. The summed E-state index contributed by atoms with van der Waals surface area (Å²) in [7, 11) is 0. The maximum absolute atomic E-state index is 12.4. The fourth-order valence-corrected chi connectivity index (χ4v) is 1.97. The van der Waals surface area contributed by atoms with Crippen molar-refractivity contribution >= 4 is 29.2 Å². The molecule has 1 aromatic carbocycles. The average molecular weight is 327 g/mol. The first kappa shape index (κ1) is 18.3. The summed E-state index contributed by atoms with van der Waals surface area (Å²) < 4.78 is 5.37. The number of ether oxygens (including phenoxy) is 1. The molecule has 2 N–H and O–H groups in total. The summed E-state index contributed by atoms with van der Waals surface area (Å²) in [6.45, 7) is 8.61. The van der Waals surface area contributed by atoms with Gasteiger partial charge in [-0.1, -0.05) is 17.7 Å². The maximum atomic E-state index is 12.4. The van der Waals surface area contributed by atoms with E-state index in [2.05, 4.69) is 0 Å². The molecule has 0 aliphatic heterocycles. The van der Waals surface area contributed by atoms with E-state index in [1.807, 2.05) is 0 Å². The molecular weight excluding hydrogens is 304 g/mol. The van der Waals surface area contributed by atoms with Crippen molar-refractivity contribution in [1.29, 1.82) is 0 Å². The highest BCUT2D eigenvalue weighted by Gasteiger charge is 2.28. The minimum absolute atomic E-state index is 0.126. The standard InChI is InChI=1S/C16H23ClN2O3/c1-10(11(2)20)19(15(21)22-16(3,4)5)9-12-6-7-13(17)8-14(12)18/h6-8,10H,9,18H2,1-5H3. The van der Waals surface area contributed by atoms with Gasteiger partial charge in [-0.3, -0.25) is 9.69 Å². The Labute approximate surface area is 136 Å². The molecule has 6 heteroatoms. The average Bonchev–Trinajstić information content (AvgIpc) is 2.34. The summed E-state index contributed by atoms with van der Waals surface area (Å²) in [6.07, 6.45) is -0.551. The Kier molecular flexibility index (Phi) is 5.83. The number of amides is 1. The molecule has 0 aromatic heterocycles. The summed E-state index contributed by atoms with van der Waals surface area (Å²) in [6, 6.07) is 4.44. The van der Waals surface area contributed by atoms with Crippen LogP contribution in [0.15, 0.2) is 18.2 Å². The minimum Gasteiger partial charge on any atom is -0.444 e. The zero-order valence-corrected chi connectivity index (χ0v) is 14.4. The van der Waals surface area contributed by atoms with Crippen LogP contribution in [0.4, 0.5) is 10.5 Å². The fraction of sp³-hybridized carbons (Fsp3) is 0.500. The highest BCUT2D eigenvalue weighted by Crippen LogP contribution is 2.22. The number of Topliss-reactive ketones (excluding diaryl/α,β-unsaturated/α-hetero) is 1. The predicted octanol–water partition coefficient (Wildman–Crippen LogP) is 3.64. The molecule has 0 aliphatic rings.